The molecule has 22 heavy (non-hydrogen) atoms. The van der Waals surface area contributed by atoms with Crippen molar-refractivity contribution in [2.75, 3.05) is 18.8 Å². The number of nitrogens with zero attached hydrogens (tertiary/aromatic N) is 3. The molecule has 1 aliphatic heterocycles. The van der Waals surface area contributed by atoms with E-state index >= 15 is 0 Å². The summed E-state index contributed by atoms with van der Waals surface area (Å²) >= 11 is 1.45. The third-order valence-electron chi connectivity index (χ3n) is 3.12. The van der Waals surface area contributed by atoms with Gasteiger partial charge in [0.1, 0.15) is 5.82 Å². The molecule has 0 radical (unpaired) electrons. The fourth-order valence-electron chi connectivity index (χ4n) is 2.12. The van der Waals surface area contributed by atoms with Crippen molar-refractivity contribution in [3.05, 3.63) is 5.82 Å². The van der Waals surface area contributed by atoms with Crippen molar-refractivity contribution in [3.63, 3.8) is 0 Å². The van der Waals surface area contributed by atoms with Gasteiger partial charge < -0.3 is 20.1 Å². The van der Waals surface area contributed by atoms with Crippen molar-refractivity contribution in [2.24, 2.45) is 7.05 Å². The van der Waals surface area contributed by atoms with Crippen molar-refractivity contribution in [2.45, 2.75) is 37.3 Å². The smallest absolute Gasteiger partial charge is 0.304 e. The molecule has 2 heterocycles. The fraction of sp³-hybridized carbons (Fsp3) is 0.692. The van der Waals surface area contributed by atoms with Gasteiger partial charge in [-0.15, -0.1) is 10.2 Å². The summed E-state index contributed by atoms with van der Waals surface area (Å²) in [5, 5.41) is 28.6. The molecule has 0 aromatic carbocycles. The molecule has 0 atom stereocenters. The Labute approximate surface area is 133 Å². The average molecular weight is 330 g/mol. The predicted octanol–water partition coefficient (Wildman–Crippen LogP) is 0.940. The van der Waals surface area contributed by atoms with E-state index in [0.29, 0.717) is 11.7 Å². The van der Waals surface area contributed by atoms with Crippen LogP contribution in [0, 0.1) is 0 Å². The van der Waals surface area contributed by atoms with Crippen molar-refractivity contribution in [1.82, 2.24) is 20.1 Å². The van der Waals surface area contributed by atoms with E-state index in [4.69, 9.17) is 15.0 Å². The number of hydrogen-bond donors (Lipinski definition) is 3. The summed E-state index contributed by atoms with van der Waals surface area (Å²) in [5.74, 6) is 0.420. The van der Waals surface area contributed by atoms with Gasteiger partial charge in [0.15, 0.2) is 5.16 Å². The number of carboxylic acids is 2. The molecule has 0 bridgehead atoms. The largest absolute Gasteiger partial charge is 0.481 e. The Morgan fingerprint density at radius 2 is 1.91 bits per heavy atom. The number of aliphatic carboxylic acids is 2. The number of piperidine rings is 1. The first-order chi connectivity index (χ1) is 10.4. The van der Waals surface area contributed by atoms with Gasteiger partial charge in [-0.3, -0.25) is 9.59 Å². The Kier molecular flexibility index (Phi) is 7.89. The van der Waals surface area contributed by atoms with Crippen LogP contribution in [0.25, 0.3) is 0 Å². The Hall–Kier alpha value is -1.61. The van der Waals surface area contributed by atoms with E-state index in [1.807, 2.05) is 11.6 Å². The third-order valence-corrected chi connectivity index (χ3v) is 4.14. The zero-order chi connectivity index (χ0) is 16.5. The molecule has 0 spiro atoms. The molecule has 2 rings (SSSR count). The maximum atomic E-state index is 10.5. The van der Waals surface area contributed by atoms with Crippen LogP contribution in [0.5, 0.6) is 0 Å². The zero-order valence-corrected chi connectivity index (χ0v) is 13.6. The third kappa shape index (κ3) is 6.44. The van der Waals surface area contributed by atoms with Gasteiger partial charge in [0, 0.05) is 25.6 Å². The first-order valence-electron chi connectivity index (χ1n) is 7.06. The van der Waals surface area contributed by atoms with Crippen LogP contribution in [0.3, 0.4) is 0 Å². The molecule has 8 nitrogen and oxygen atoms in total. The van der Waals surface area contributed by atoms with E-state index in [1.54, 1.807) is 0 Å². The van der Waals surface area contributed by atoms with Gasteiger partial charge in [-0.2, -0.15) is 0 Å². The Balaban J connectivity index is 0.000000541. The number of carbonyl (C=O) groups is 2. The van der Waals surface area contributed by atoms with Gasteiger partial charge >= 0.3 is 5.97 Å². The van der Waals surface area contributed by atoms with Crippen LogP contribution in [-0.2, 0) is 16.6 Å². The summed E-state index contributed by atoms with van der Waals surface area (Å²) in [6, 6.07) is 0. The number of thioether (sulfide) groups is 1. The maximum Gasteiger partial charge on any atom is 0.304 e. The van der Waals surface area contributed by atoms with E-state index < -0.39 is 11.9 Å². The molecule has 1 aromatic heterocycles. The van der Waals surface area contributed by atoms with Gasteiger partial charge in [-0.1, -0.05) is 11.8 Å². The van der Waals surface area contributed by atoms with Gasteiger partial charge in [0.05, 0.1) is 6.42 Å². The number of rotatable bonds is 5. The molecule has 1 aliphatic rings. The van der Waals surface area contributed by atoms with Gasteiger partial charge in [0.2, 0.25) is 0 Å². The van der Waals surface area contributed by atoms with Crippen LogP contribution in [0.2, 0.25) is 0 Å². The van der Waals surface area contributed by atoms with Crippen LogP contribution < -0.4 is 5.32 Å². The monoisotopic (exact) mass is 330 g/mol. The summed E-state index contributed by atoms with van der Waals surface area (Å²) in [4.78, 5) is 19.5. The summed E-state index contributed by atoms with van der Waals surface area (Å²) in [6.07, 6.45) is 2.33. The minimum atomic E-state index is -0.833. The van der Waals surface area contributed by atoms with Gasteiger partial charge in [0.25, 0.3) is 5.97 Å². The van der Waals surface area contributed by atoms with E-state index in [9.17, 15) is 4.79 Å². The topological polar surface area (TPSA) is 117 Å². The van der Waals surface area contributed by atoms with E-state index in [2.05, 4.69) is 15.5 Å². The number of carboxylic acid groups (broad SMARTS) is 2. The highest BCUT2D eigenvalue weighted by atomic mass is 32.2. The lowest BCUT2D eigenvalue weighted by molar-refractivity contribution is -0.136. The molecular formula is C13H22N4O4S. The van der Waals surface area contributed by atoms with E-state index in [1.165, 1.54) is 11.8 Å². The number of nitrogens with one attached hydrogen (secondary N) is 1. The van der Waals surface area contributed by atoms with Crippen LogP contribution in [0.4, 0.5) is 0 Å². The minimum absolute atomic E-state index is 0.153. The summed E-state index contributed by atoms with van der Waals surface area (Å²) < 4.78 is 2.00. The fourth-order valence-corrected chi connectivity index (χ4v) is 2.96. The lowest BCUT2D eigenvalue weighted by Crippen LogP contribution is -2.27. The number of aromatic nitrogens is 3. The Morgan fingerprint density at radius 1 is 1.32 bits per heavy atom. The molecule has 0 saturated carbocycles. The second-order valence-electron chi connectivity index (χ2n) is 4.94. The summed E-state index contributed by atoms with van der Waals surface area (Å²) in [7, 11) is 1.96. The highest BCUT2D eigenvalue weighted by Crippen LogP contribution is 2.26. The molecule has 124 valence electrons. The molecule has 1 fully saturated rings. The summed E-state index contributed by atoms with van der Waals surface area (Å²) in [5.41, 5.74) is 0. The molecule has 9 heteroatoms. The van der Waals surface area contributed by atoms with Crippen molar-refractivity contribution in [1.29, 1.82) is 0 Å². The second kappa shape index (κ2) is 9.42. The minimum Gasteiger partial charge on any atom is -0.481 e. The summed E-state index contributed by atoms with van der Waals surface area (Å²) in [6.45, 7) is 3.14. The standard InChI is InChI=1S/C11H18N4O2S.C2H4O2/c1-15-10(8-2-5-12-6-3-8)13-14-11(15)18-7-4-9(16)17;1-2(3)4/h8,12H,2-7H2,1H3,(H,16,17);1H3,(H,3,4). The first kappa shape index (κ1) is 18.4. The normalized spacial score (nSPS) is 15.0. The molecule has 0 amide bonds. The Morgan fingerprint density at radius 3 is 2.45 bits per heavy atom. The quantitative estimate of drug-likeness (QED) is 0.683. The number of hydrogen-bond acceptors (Lipinski definition) is 6. The molecule has 1 aromatic rings. The molecule has 0 aliphatic carbocycles. The Bertz CT molecular complexity index is 496. The molecule has 0 unspecified atom stereocenters. The SMILES string of the molecule is CC(=O)O.Cn1c(SCCC(=O)O)nnc1C1CCNCC1. The molecular weight excluding hydrogens is 308 g/mol. The van der Waals surface area contributed by atoms with Crippen molar-refractivity contribution < 1.29 is 19.8 Å². The average Bonchev–Trinajstić information content (AvgIpc) is 2.80. The highest BCUT2D eigenvalue weighted by Gasteiger charge is 2.21. The highest BCUT2D eigenvalue weighted by molar-refractivity contribution is 7.99. The predicted molar refractivity (Wildman–Crippen MR) is 82.1 cm³/mol. The van der Waals surface area contributed by atoms with Crippen molar-refractivity contribution in [3.8, 4) is 0 Å². The lowest BCUT2D eigenvalue weighted by atomic mass is 9.97. The van der Waals surface area contributed by atoms with Gasteiger partial charge in [-0.25, -0.2) is 0 Å². The van der Waals surface area contributed by atoms with Crippen LogP contribution >= 0.6 is 11.8 Å². The van der Waals surface area contributed by atoms with E-state index in [-0.39, 0.29) is 6.42 Å². The second-order valence-corrected chi connectivity index (χ2v) is 6.00. The van der Waals surface area contributed by atoms with Crippen LogP contribution in [0.1, 0.15) is 37.9 Å². The first-order valence-corrected chi connectivity index (χ1v) is 8.04. The van der Waals surface area contributed by atoms with Crippen molar-refractivity contribution >= 4 is 23.7 Å². The molecule has 3 N–H and O–H groups in total. The van der Waals surface area contributed by atoms with Gasteiger partial charge in [-0.05, 0) is 25.9 Å². The molecule has 1 saturated heterocycles. The zero-order valence-electron chi connectivity index (χ0n) is 12.8. The lowest BCUT2D eigenvalue weighted by Gasteiger charge is -2.21. The van der Waals surface area contributed by atoms with Crippen LogP contribution in [0.15, 0.2) is 5.16 Å². The van der Waals surface area contributed by atoms with E-state index in [0.717, 1.165) is 43.8 Å². The maximum absolute atomic E-state index is 10.5. The van der Waals surface area contributed by atoms with Crippen LogP contribution in [-0.4, -0.2) is 55.8 Å².